The Kier molecular flexibility index (Phi) is 11.4. The minimum Gasteiger partial charge on any atom is -0.256 e. The number of aromatic nitrogens is 1. The molecule has 0 amide bonds. The molecular formula is C55H49N. The first-order valence-electron chi connectivity index (χ1n) is 20.1. The number of rotatable bonds is 9. The van der Waals surface area contributed by atoms with Crippen LogP contribution in [0.3, 0.4) is 0 Å². The van der Waals surface area contributed by atoms with Crippen LogP contribution >= 0.6 is 0 Å². The Morgan fingerprint density at radius 2 is 1.23 bits per heavy atom. The zero-order valence-corrected chi connectivity index (χ0v) is 32.5. The van der Waals surface area contributed by atoms with Gasteiger partial charge in [0.2, 0.25) is 0 Å². The molecule has 0 spiro atoms. The van der Waals surface area contributed by atoms with E-state index in [0.717, 1.165) is 36.9 Å². The Morgan fingerprint density at radius 3 is 1.96 bits per heavy atom. The minimum atomic E-state index is 0.520. The van der Waals surface area contributed by atoms with Crippen molar-refractivity contribution in [3.05, 3.63) is 233 Å². The molecule has 6 aromatic carbocycles. The van der Waals surface area contributed by atoms with E-state index in [1.165, 1.54) is 78.8 Å². The summed E-state index contributed by atoms with van der Waals surface area (Å²) >= 11 is 0. The molecule has 56 heavy (non-hydrogen) atoms. The van der Waals surface area contributed by atoms with Crippen molar-refractivity contribution >= 4 is 11.6 Å². The monoisotopic (exact) mass is 723 g/mol. The second-order valence-electron chi connectivity index (χ2n) is 15.2. The van der Waals surface area contributed by atoms with Crippen LogP contribution in [0.4, 0.5) is 0 Å². The van der Waals surface area contributed by atoms with Crippen LogP contribution in [0.1, 0.15) is 58.7 Å². The Morgan fingerprint density at radius 1 is 0.571 bits per heavy atom. The molecule has 1 heteroatoms. The number of nitrogens with zero attached hydrogens (tertiary/aromatic N) is 1. The predicted octanol–water partition coefficient (Wildman–Crippen LogP) is 14.2. The van der Waals surface area contributed by atoms with E-state index in [4.69, 9.17) is 0 Å². The van der Waals surface area contributed by atoms with Crippen molar-refractivity contribution in [1.82, 2.24) is 4.98 Å². The molecule has 0 N–H and O–H groups in total. The summed E-state index contributed by atoms with van der Waals surface area (Å²) < 4.78 is 0. The first-order chi connectivity index (χ1) is 27.6. The summed E-state index contributed by atoms with van der Waals surface area (Å²) in [5, 5.41) is 0. The largest absolute Gasteiger partial charge is 0.256 e. The molecule has 1 atom stereocenters. The van der Waals surface area contributed by atoms with Gasteiger partial charge in [-0.25, -0.2) is 0 Å². The Labute approximate surface area is 333 Å². The van der Waals surface area contributed by atoms with Gasteiger partial charge < -0.3 is 0 Å². The van der Waals surface area contributed by atoms with Crippen molar-refractivity contribution in [3.8, 4) is 33.5 Å². The molecule has 1 heterocycles. The number of hydrogen-bond donors (Lipinski definition) is 0. The van der Waals surface area contributed by atoms with Gasteiger partial charge in [0.1, 0.15) is 0 Å². The van der Waals surface area contributed by atoms with Crippen molar-refractivity contribution < 1.29 is 0 Å². The highest BCUT2D eigenvalue weighted by Crippen LogP contribution is 2.34. The lowest BCUT2D eigenvalue weighted by molar-refractivity contribution is 0.680. The van der Waals surface area contributed by atoms with E-state index >= 15 is 0 Å². The molecule has 0 fully saturated rings. The average Bonchev–Trinajstić information content (AvgIpc) is 3.70. The van der Waals surface area contributed by atoms with Crippen molar-refractivity contribution in [2.45, 2.75) is 46.0 Å². The highest BCUT2D eigenvalue weighted by Gasteiger charge is 2.15. The van der Waals surface area contributed by atoms with Crippen LogP contribution in [-0.2, 0) is 19.3 Å². The molecule has 7 aromatic rings. The molecular weight excluding hydrogens is 675 g/mol. The van der Waals surface area contributed by atoms with Crippen molar-refractivity contribution in [2.75, 3.05) is 0 Å². The number of pyridine rings is 1. The lowest BCUT2D eigenvalue weighted by Gasteiger charge is -2.18. The molecule has 0 saturated carbocycles. The van der Waals surface area contributed by atoms with Crippen LogP contribution in [0.15, 0.2) is 194 Å². The fraction of sp³-hybridized carbons (Fsp3) is 0.145. The summed E-state index contributed by atoms with van der Waals surface area (Å²) in [6, 6.07) is 58.9. The maximum atomic E-state index is 4.67. The van der Waals surface area contributed by atoms with Crippen LogP contribution in [0.25, 0.3) is 45.2 Å². The molecule has 2 aliphatic rings. The number of aryl methyl sites for hydroxylation is 1. The zero-order chi connectivity index (χ0) is 38.1. The zero-order valence-electron chi connectivity index (χ0n) is 32.5. The van der Waals surface area contributed by atoms with Crippen LogP contribution in [0.5, 0.6) is 0 Å². The van der Waals surface area contributed by atoms with E-state index in [1.807, 2.05) is 12.3 Å². The highest BCUT2D eigenvalue weighted by atomic mass is 14.7. The Bertz CT molecular complexity index is 2450. The van der Waals surface area contributed by atoms with Gasteiger partial charge in [0.05, 0.1) is 5.69 Å². The van der Waals surface area contributed by atoms with Gasteiger partial charge in [-0.15, -0.1) is 0 Å². The van der Waals surface area contributed by atoms with Crippen molar-refractivity contribution in [1.29, 1.82) is 0 Å². The molecule has 0 aliphatic heterocycles. The summed E-state index contributed by atoms with van der Waals surface area (Å²) in [5.74, 6) is 0.520. The summed E-state index contributed by atoms with van der Waals surface area (Å²) in [7, 11) is 0. The van der Waals surface area contributed by atoms with E-state index < -0.39 is 0 Å². The third-order valence-electron chi connectivity index (χ3n) is 11.0. The van der Waals surface area contributed by atoms with Crippen LogP contribution < -0.4 is 0 Å². The van der Waals surface area contributed by atoms with E-state index in [1.54, 1.807) is 0 Å². The van der Waals surface area contributed by atoms with Crippen molar-refractivity contribution in [2.24, 2.45) is 5.92 Å². The summed E-state index contributed by atoms with van der Waals surface area (Å²) in [5.41, 5.74) is 19.6. The average molecular weight is 724 g/mol. The molecule has 0 radical (unpaired) electrons. The van der Waals surface area contributed by atoms with Gasteiger partial charge >= 0.3 is 0 Å². The Balaban J connectivity index is 0.000000244. The Hall–Kier alpha value is -6.31. The molecule has 274 valence electrons. The van der Waals surface area contributed by atoms with Gasteiger partial charge in [-0.1, -0.05) is 170 Å². The lowest BCUT2D eigenvalue weighted by Crippen LogP contribution is -2.06. The molecule has 9 rings (SSSR count). The molecule has 1 aromatic heterocycles. The molecule has 1 nitrogen and oxygen atoms in total. The quantitative estimate of drug-likeness (QED) is 0.144. The second kappa shape index (κ2) is 17.4. The highest BCUT2D eigenvalue weighted by molar-refractivity contribution is 5.88. The van der Waals surface area contributed by atoms with Gasteiger partial charge in [-0.3, -0.25) is 4.98 Å². The fourth-order valence-corrected chi connectivity index (χ4v) is 8.12. The predicted molar refractivity (Wildman–Crippen MR) is 238 cm³/mol. The first-order valence-corrected chi connectivity index (χ1v) is 20.1. The minimum absolute atomic E-state index is 0.520. The number of benzene rings is 6. The lowest BCUT2D eigenvalue weighted by atomic mass is 9.87. The van der Waals surface area contributed by atoms with Gasteiger partial charge in [-0.05, 0) is 142 Å². The third-order valence-corrected chi connectivity index (χ3v) is 11.0. The molecule has 2 aliphatic carbocycles. The summed E-state index contributed by atoms with van der Waals surface area (Å²) in [4.78, 5) is 4.67. The van der Waals surface area contributed by atoms with E-state index in [9.17, 15) is 0 Å². The van der Waals surface area contributed by atoms with E-state index in [0.29, 0.717) is 5.92 Å². The standard InChI is InChI=1S/C40H37N.C15H12/c1-29-21-31(24-35-18-10-9-17-34(35)23-30(2)32-13-5-3-6-14-32)25-36(22-29)38-26-37(33-15-7-4-8-16-33)27-39(28-38)40-19-11-12-20-41-40;1-2-6-12(7-3-1)15-10-13-8-4-5-9-14(13)11-15/h4-5,7-22,25-28,30H,3,6,23-24H2,1-2H3;1-10H,11H2. The molecule has 0 saturated heterocycles. The van der Waals surface area contributed by atoms with Crippen LogP contribution in [0.2, 0.25) is 0 Å². The van der Waals surface area contributed by atoms with Gasteiger partial charge in [0.15, 0.2) is 0 Å². The number of fused-ring (bicyclic) bond motifs is 1. The maximum Gasteiger partial charge on any atom is 0.0702 e. The topological polar surface area (TPSA) is 12.9 Å². The van der Waals surface area contributed by atoms with Crippen LogP contribution in [0, 0.1) is 12.8 Å². The van der Waals surface area contributed by atoms with E-state index in [2.05, 4.69) is 201 Å². The third kappa shape index (κ3) is 8.96. The normalized spacial score (nSPS) is 13.5. The fourth-order valence-electron chi connectivity index (χ4n) is 8.12. The SMILES string of the molecule is C1=C(c2ccccc2)Cc2ccccc21.Cc1cc(Cc2ccccc2CC(C)C2=CCCC=C2)cc(-c2cc(-c3ccccc3)cc(-c3ccccn3)c2)c1. The van der Waals surface area contributed by atoms with E-state index in [-0.39, 0.29) is 0 Å². The second-order valence-corrected chi connectivity index (χ2v) is 15.2. The van der Waals surface area contributed by atoms with Crippen molar-refractivity contribution in [3.63, 3.8) is 0 Å². The number of allylic oxidation sites excluding steroid dienone is 5. The first kappa shape index (κ1) is 36.7. The van der Waals surface area contributed by atoms with Gasteiger partial charge in [0.25, 0.3) is 0 Å². The van der Waals surface area contributed by atoms with Crippen LogP contribution in [-0.4, -0.2) is 4.98 Å². The summed E-state index contributed by atoms with van der Waals surface area (Å²) in [6.07, 6.45) is 16.6. The number of hydrogen-bond acceptors (Lipinski definition) is 1. The van der Waals surface area contributed by atoms with Gasteiger partial charge in [0, 0.05) is 11.8 Å². The smallest absolute Gasteiger partial charge is 0.0702 e. The summed E-state index contributed by atoms with van der Waals surface area (Å²) in [6.45, 7) is 4.57. The maximum absolute atomic E-state index is 4.67. The molecule has 0 bridgehead atoms. The molecule has 1 unspecified atom stereocenters. The van der Waals surface area contributed by atoms with Gasteiger partial charge in [-0.2, -0.15) is 0 Å².